The van der Waals surface area contributed by atoms with E-state index in [-0.39, 0.29) is 10.8 Å². The fourth-order valence-corrected chi connectivity index (χ4v) is 5.05. The lowest BCUT2D eigenvalue weighted by atomic mass is 10.2. The van der Waals surface area contributed by atoms with Crippen LogP contribution in [0, 0.1) is 6.92 Å². The maximum atomic E-state index is 12.8. The van der Waals surface area contributed by atoms with Gasteiger partial charge in [0.15, 0.2) is 11.5 Å². The van der Waals surface area contributed by atoms with E-state index in [1.165, 1.54) is 12.1 Å². The first-order valence-electron chi connectivity index (χ1n) is 9.72. The molecule has 0 aliphatic carbocycles. The molecule has 2 heterocycles. The molecule has 0 spiro atoms. The number of rotatable bonds is 4. The number of carbonyl (C=O) groups excluding carboxylic acids is 1. The molecular formula is C21H23N3O4S. The van der Waals surface area contributed by atoms with E-state index in [1.807, 2.05) is 0 Å². The number of sulfonamides is 1. The number of carbonyl (C=O) groups is 1. The fraction of sp³-hybridized carbons (Fsp3) is 0.333. The zero-order valence-electron chi connectivity index (χ0n) is 16.2. The SMILES string of the molecule is Cc1nc2cc(NC(=O)c3ccc(S(=O)(=O)N4CCCCCC4)cc3)ccc2o1. The van der Waals surface area contributed by atoms with E-state index in [0.717, 1.165) is 25.7 Å². The zero-order chi connectivity index (χ0) is 20.4. The van der Waals surface area contributed by atoms with Crippen LogP contribution in [-0.2, 0) is 10.0 Å². The Hall–Kier alpha value is -2.71. The van der Waals surface area contributed by atoms with Gasteiger partial charge in [0.1, 0.15) is 5.52 Å². The van der Waals surface area contributed by atoms with Gasteiger partial charge < -0.3 is 9.73 Å². The van der Waals surface area contributed by atoms with Gasteiger partial charge in [-0.2, -0.15) is 4.31 Å². The van der Waals surface area contributed by atoms with Gasteiger partial charge in [-0.15, -0.1) is 0 Å². The molecule has 1 amide bonds. The van der Waals surface area contributed by atoms with Crippen LogP contribution in [0.5, 0.6) is 0 Å². The second kappa shape index (κ2) is 7.96. The number of anilines is 1. The molecule has 8 heteroatoms. The maximum Gasteiger partial charge on any atom is 0.255 e. The summed E-state index contributed by atoms with van der Waals surface area (Å²) >= 11 is 0. The number of nitrogens with zero attached hydrogens (tertiary/aromatic N) is 2. The minimum absolute atomic E-state index is 0.218. The number of nitrogens with one attached hydrogen (secondary N) is 1. The first-order valence-corrected chi connectivity index (χ1v) is 11.2. The van der Waals surface area contributed by atoms with Crippen LogP contribution in [-0.4, -0.2) is 36.7 Å². The first kappa shape index (κ1) is 19.6. The molecule has 0 bridgehead atoms. The van der Waals surface area contributed by atoms with Gasteiger partial charge >= 0.3 is 0 Å². The van der Waals surface area contributed by atoms with Gasteiger partial charge in [-0.05, 0) is 55.3 Å². The van der Waals surface area contributed by atoms with Crippen LogP contribution in [0.4, 0.5) is 5.69 Å². The molecule has 1 aliphatic rings. The van der Waals surface area contributed by atoms with Gasteiger partial charge in [0, 0.05) is 31.3 Å². The highest BCUT2D eigenvalue weighted by Crippen LogP contribution is 2.22. The van der Waals surface area contributed by atoms with Crippen molar-refractivity contribution in [3.8, 4) is 0 Å². The smallest absolute Gasteiger partial charge is 0.255 e. The van der Waals surface area contributed by atoms with Crippen LogP contribution in [0.2, 0.25) is 0 Å². The van der Waals surface area contributed by atoms with Crippen molar-refractivity contribution in [2.45, 2.75) is 37.5 Å². The molecule has 29 heavy (non-hydrogen) atoms. The van der Waals surface area contributed by atoms with E-state index in [2.05, 4.69) is 10.3 Å². The lowest BCUT2D eigenvalue weighted by molar-refractivity contribution is 0.102. The third kappa shape index (κ3) is 4.18. The zero-order valence-corrected chi connectivity index (χ0v) is 17.0. The summed E-state index contributed by atoms with van der Waals surface area (Å²) in [6.07, 6.45) is 3.89. The quantitative estimate of drug-likeness (QED) is 0.699. The Morgan fingerprint density at radius 1 is 1.03 bits per heavy atom. The lowest BCUT2D eigenvalue weighted by Crippen LogP contribution is -2.31. The van der Waals surface area contributed by atoms with E-state index in [9.17, 15) is 13.2 Å². The molecule has 2 aromatic carbocycles. The van der Waals surface area contributed by atoms with Gasteiger partial charge in [-0.25, -0.2) is 13.4 Å². The summed E-state index contributed by atoms with van der Waals surface area (Å²) in [6, 6.07) is 11.3. The van der Waals surface area contributed by atoms with Crippen molar-refractivity contribution in [2.75, 3.05) is 18.4 Å². The Morgan fingerprint density at radius 2 is 1.72 bits per heavy atom. The Morgan fingerprint density at radius 3 is 2.41 bits per heavy atom. The Labute approximate surface area is 169 Å². The third-order valence-electron chi connectivity index (χ3n) is 5.07. The number of hydrogen-bond acceptors (Lipinski definition) is 5. The predicted molar refractivity (Wildman–Crippen MR) is 110 cm³/mol. The maximum absolute atomic E-state index is 12.8. The normalized spacial score (nSPS) is 15.9. The van der Waals surface area contributed by atoms with E-state index < -0.39 is 10.0 Å². The molecule has 1 aromatic heterocycles. The number of fused-ring (bicyclic) bond motifs is 1. The van der Waals surface area contributed by atoms with E-state index in [4.69, 9.17) is 4.42 Å². The van der Waals surface area contributed by atoms with Crippen LogP contribution >= 0.6 is 0 Å². The minimum atomic E-state index is -3.53. The van der Waals surface area contributed by atoms with Crippen molar-refractivity contribution in [3.63, 3.8) is 0 Å². The summed E-state index contributed by atoms with van der Waals surface area (Å²) in [4.78, 5) is 17.0. The average molecular weight is 413 g/mol. The number of benzene rings is 2. The van der Waals surface area contributed by atoms with Crippen molar-refractivity contribution in [1.29, 1.82) is 0 Å². The van der Waals surface area contributed by atoms with E-state index in [0.29, 0.717) is 41.3 Å². The molecule has 1 saturated heterocycles. The highest BCUT2D eigenvalue weighted by Gasteiger charge is 2.25. The average Bonchev–Trinajstić information content (AvgIpc) is 2.90. The van der Waals surface area contributed by atoms with Crippen molar-refractivity contribution in [2.24, 2.45) is 0 Å². The van der Waals surface area contributed by atoms with Crippen molar-refractivity contribution in [1.82, 2.24) is 9.29 Å². The van der Waals surface area contributed by atoms with Crippen LogP contribution in [0.25, 0.3) is 11.1 Å². The minimum Gasteiger partial charge on any atom is -0.441 e. The molecular weight excluding hydrogens is 390 g/mol. The Bertz CT molecular complexity index is 1130. The van der Waals surface area contributed by atoms with Gasteiger partial charge in [0.2, 0.25) is 10.0 Å². The highest BCUT2D eigenvalue weighted by atomic mass is 32.2. The molecule has 1 fully saturated rings. The van der Waals surface area contributed by atoms with Gasteiger partial charge in [-0.1, -0.05) is 12.8 Å². The summed E-state index contributed by atoms with van der Waals surface area (Å²) in [5.74, 6) is 0.243. The molecule has 0 unspecified atom stereocenters. The van der Waals surface area contributed by atoms with E-state index >= 15 is 0 Å². The highest BCUT2D eigenvalue weighted by molar-refractivity contribution is 7.89. The molecule has 1 N–H and O–H groups in total. The van der Waals surface area contributed by atoms with Crippen LogP contribution in [0.1, 0.15) is 41.9 Å². The summed E-state index contributed by atoms with van der Waals surface area (Å²) in [6.45, 7) is 2.86. The summed E-state index contributed by atoms with van der Waals surface area (Å²) < 4.78 is 32.7. The molecule has 1 aliphatic heterocycles. The number of oxazole rings is 1. The number of hydrogen-bond donors (Lipinski definition) is 1. The largest absolute Gasteiger partial charge is 0.441 e. The summed E-state index contributed by atoms with van der Waals surface area (Å²) in [5.41, 5.74) is 2.30. The standard InChI is InChI=1S/C21H23N3O4S/c1-15-22-19-14-17(8-11-20(19)28-15)23-21(25)16-6-9-18(10-7-16)29(26,27)24-12-4-2-3-5-13-24/h6-11,14H,2-5,12-13H2,1H3,(H,23,25). The van der Waals surface area contributed by atoms with Crippen molar-refractivity contribution >= 4 is 32.7 Å². The van der Waals surface area contributed by atoms with Crippen LogP contribution in [0.3, 0.4) is 0 Å². The van der Waals surface area contributed by atoms with E-state index in [1.54, 1.807) is 41.6 Å². The Kier molecular flexibility index (Phi) is 5.38. The number of aryl methyl sites for hydroxylation is 1. The molecule has 3 aromatic rings. The van der Waals surface area contributed by atoms with Gasteiger partial charge in [0.05, 0.1) is 4.90 Å². The topological polar surface area (TPSA) is 92.5 Å². The third-order valence-corrected chi connectivity index (χ3v) is 6.98. The Balaban J connectivity index is 1.49. The predicted octanol–water partition coefficient (Wildman–Crippen LogP) is 3.95. The fourth-order valence-electron chi connectivity index (χ4n) is 3.53. The van der Waals surface area contributed by atoms with Crippen LogP contribution in [0.15, 0.2) is 51.8 Å². The van der Waals surface area contributed by atoms with Gasteiger partial charge in [-0.3, -0.25) is 4.79 Å². The molecule has 4 rings (SSSR count). The van der Waals surface area contributed by atoms with Gasteiger partial charge in [0.25, 0.3) is 5.91 Å². The second-order valence-electron chi connectivity index (χ2n) is 7.21. The van der Waals surface area contributed by atoms with Crippen molar-refractivity contribution in [3.05, 3.63) is 53.9 Å². The second-order valence-corrected chi connectivity index (χ2v) is 9.15. The monoisotopic (exact) mass is 413 g/mol. The molecule has 0 saturated carbocycles. The summed E-state index contributed by atoms with van der Waals surface area (Å²) in [7, 11) is -3.53. The molecule has 0 radical (unpaired) electrons. The molecule has 152 valence electrons. The number of aromatic nitrogens is 1. The molecule has 0 atom stereocenters. The number of amides is 1. The van der Waals surface area contributed by atoms with Crippen LogP contribution < -0.4 is 5.32 Å². The van der Waals surface area contributed by atoms with Crippen molar-refractivity contribution < 1.29 is 17.6 Å². The summed E-state index contributed by atoms with van der Waals surface area (Å²) in [5, 5.41) is 2.81. The lowest BCUT2D eigenvalue weighted by Gasteiger charge is -2.20. The molecule has 7 nitrogen and oxygen atoms in total. The first-order chi connectivity index (χ1) is 13.9.